The fraction of sp³-hybridized carbons (Fsp3) is 0.778. The number of hydrogen-bond donors (Lipinski definition) is 0. The highest BCUT2D eigenvalue weighted by Crippen LogP contribution is 2.03. The average Bonchev–Trinajstić information content (AvgIpc) is 1.97. The van der Waals surface area contributed by atoms with E-state index in [0.29, 0.717) is 12.5 Å². The minimum Gasteiger partial charge on any atom is -0.466 e. The first-order valence-corrected chi connectivity index (χ1v) is 4.11. The molecule has 0 aliphatic rings. The Bertz CT molecular complexity index is 108. The summed E-state index contributed by atoms with van der Waals surface area (Å²) in [6.45, 7) is 8.28. The summed E-state index contributed by atoms with van der Waals surface area (Å²) in [5.41, 5.74) is 0. The van der Waals surface area contributed by atoms with E-state index in [9.17, 15) is 4.79 Å². The van der Waals surface area contributed by atoms with E-state index in [0.717, 1.165) is 12.8 Å². The van der Waals surface area contributed by atoms with Crippen LogP contribution in [0.4, 0.5) is 0 Å². The molecule has 0 aliphatic heterocycles. The summed E-state index contributed by atoms with van der Waals surface area (Å²) in [6, 6.07) is 0. The van der Waals surface area contributed by atoms with Crippen molar-refractivity contribution in [3.8, 4) is 0 Å². The van der Waals surface area contributed by atoms with Crippen molar-refractivity contribution in [1.82, 2.24) is 0 Å². The first kappa shape index (κ1) is 10.5. The zero-order chi connectivity index (χ0) is 8.69. The minimum absolute atomic E-state index is 0.200. The molecule has 0 fully saturated rings. The van der Waals surface area contributed by atoms with E-state index in [1.165, 1.54) is 0 Å². The largest absolute Gasteiger partial charge is 0.466 e. The van der Waals surface area contributed by atoms with Gasteiger partial charge in [-0.05, 0) is 25.7 Å². The van der Waals surface area contributed by atoms with E-state index < -0.39 is 0 Å². The van der Waals surface area contributed by atoms with Gasteiger partial charge in [0.1, 0.15) is 0 Å². The zero-order valence-corrected chi connectivity index (χ0v) is 7.43. The molecule has 0 unspecified atom stereocenters. The Morgan fingerprint density at radius 2 is 2.18 bits per heavy atom. The van der Waals surface area contributed by atoms with Gasteiger partial charge in [0.25, 0.3) is 0 Å². The fourth-order valence-electron chi connectivity index (χ4n) is 0.750. The Kier molecular flexibility index (Phi) is 5.90. The van der Waals surface area contributed by atoms with E-state index in [1.807, 2.05) is 0 Å². The molecule has 2 heteroatoms. The fourth-order valence-corrected chi connectivity index (χ4v) is 0.750. The summed E-state index contributed by atoms with van der Waals surface area (Å²) in [4.78, 5) is 10.6. The lowest BCUT2D eigenvalue weighted by Crippen LogP contribution is -2.04. The van der Waals surface area contributed by atoms with Gasteiger partial charge >= 0.3 is 5.97 Å². The molecule has 0 aromatic carbocycles. The maximum absolute atomic E-state index is 10.6. The number of hydrogen-bond acceptors (Lipinski definition) is 2. The third-order valence-corrected chi connectivity index (χ3v) is 1.39. The smallest absolute Gasteiger partial charge is 0.305 e. The molecule has 0 rings (SSSR count). The standard InChI is InChI=1S/C9H17O2/c1-4-9(10)11-7-5-6-8(2)3/h8H,1,4-7H2,2-3H3. The van der Waals surface area contributed by atoms with Crippen molar-refractivity contribution in [2.24, 2.45) is 5.92 Å². The van der Waals surface area contributed by atoms with E-state index in [-0.39, 0.29) is 12.4 Å². The van der Waals surface area contributed by atoms with Gasteiger partial charge in [-0.1, -0.05) is 13.8 Å². The van der Waals surface area contributed by atoms with Gasteiger partial charge in [-0.2, -0.15) is 0 Å². The molecule has 0 spiro atoms. The van der Waals surface area contributed by atoms with Crippen LogP contribution in [0.2, 0.25) is 0 Å². The third-order valence-electron chi connectivity index (χ3n) is 1.39. The SMILES string of the molecule is [CH2]CC(=O)OCCCC(C)C. The first-order valence-electron chi connectivity index (χ1n) is 4.11. The molecule has 0 atom stereocenters. The van der Waals surface area contributed by atoms with Crippen molar-refractivity contribution in [3.63, 3.8) is 0 Å². The lowest BCUT2D eigenvalue weighted by Gasteiger charge is -2.04. The maximum atomic E-state index is 10.6. The third kappa shape index (κ3) is 7.37. The number of carbonyl (C=O) groups excluding carboxylic acids is 1. The summed E-state index contributed by atoms with van der Waals surface area (Å²) in [5.74, 6) is 0.488. The second kappa shape index (κ2) is 6.20. The summed E-state index contributed by atoms with van der Waals surface area (Å²) >= 11 is 0. The molecule has 0 saturated carbocycles. The second-order valence-corrected chi connectivity index (χ2v) is 3.01. The van der Waals surface area contributed by atoms with Crippen LogP contribution in [0.1, 0.15) is 33.1 Å². The highest BCUT2D eigenvalue weighted by atomic mass is 16.5. The molecular weight excluding hydrogens is 140 g/mol. The molecule has 0 N–H and O–H groups in total. The van der Waals surface area contributed by atoms with Gasteiger partial charge in [0.15, 0.2) is 0 Å². The molecule has 0 aliphatic carbocycles. The normalized spacial score (nSPS) is 10.2. The van der Waals surface area contributed by atoms with Gasteiger partial charge in [-0.3, -0.25) is 4.79 Å². The molecule has 2 nitrogen and oxygen atoms in total. The van der Waals surface area contributed by atoms with Crippen LogP contribution in [0.3, 0.4) is 0 Å². The second-order valence-electron chi connectivity index (χ2n) is 3.01. The Morgan fingerprint density at radius 3 is 2.64 bits per heavy atom. The highest BCUT2D eigenvalue weighted by Gasteiger charge is 1.98. The molecule has 0 bridgehead atoms. The highest BCUT2D eigenvalue weighted by molar-refractivity contribution is 5.69. The quantitative estimate of drug-likeness (QED) is 0.451. The van der Waals surface area contributed by atoms with Gasteiger partial charge < -0.3 is 4.74 Å². The zero-order valence-electron chi connectivity index (χ0n) is 7.43. The molecule has 65 valence electrons. The number of carbonyl (C=O) groups is 1. The van der Waals surface area contributed by atoms with Crippen LogP contribution < -0.4 is 0 Å². The molecule has 11 heavy (non-hydrogen) atoms. The number of ether oxygens (including phenoxy) is 1. The van der Waals surface area contributed by atoms with Crippen molar-refractivity contribution < 1.29 is 9.53 Å². The van der Waals surface area contributed by atoms with Crippen LogP contribution >= 0.6 is 0 Å². The molecule has 0 saturated heterocycles. The van der Waals surface area contributed by atoms with Gasteiger partial charge in [-0.25, -0.2) is 0 Å². The van der Waals surface area contributed by atoms with Gasteiger partial charge in [0.05, 0.1) is 6.61 Å². The van der Waals surface area contributed by atoms with Crippen LogP contribution in [0, 0.1) is 12.8 Å². The predicted octanol–water partition coefficient (Wildman–Crippen LogP) is 2.19. The van der Waals surface area contributed by atoms with Crippen LogP contribution in [-0.2, 0) is 9.53 Å². The number of esters is 1. The van der Waals surface area contributed by atoms with Gasteiger partial charge in [-0.15, -0.1) is 0 Å². The van der Waals surface area contributed by atoms with Crippen LogP contribution in [0.15, 0.2) is 0 Å². The Morgan fingerprint density at radius 1 is 1.55 bits per heavy atom. The van der Waals surface area contributed by atoms with Crippen molar-refractivity contribution in [2.45, 2.75) is 33.1 Å². The Hall–Kier alpha value is -0.530. The molecular formula is C9H17O2. The maximum Gasteiger partial charge on any atom is 0.305 e. The van der Waals surface area contributed by atoms with E-state index >= 15 is 0 Å². The van der Waals surface area contributed by atoms with Crippen molar-refractivity contribution >= 4 is 5.97 Å². The van der Waals surface area contributed by atoms with Crippen LogP contribution in [0.5, 0.6) is 0 Å². The molecule has 0 amide bonds. The number of rotatable bonds is 5. The van der Waals surface area contributed by atoms with Gasteiger partial charge in [0, 0.05) is 6.42 Å². The molecule has 0 aromatic heterocycles. The molecule has 0 heterocycles. The minimum atomic E-state index is -0.200. The first-order chi connectivity index (χ1) is 5.16. The monoisotopic (exact) mass is 157 g/mol. The predicted molar refractivity (Wildman–Crippen MR) is 45.0 cm³/mol. The topological polar surface area (TPSA) is 26.3 Å². The summed E-state index contributed by atoms with van der Waals surface area (Å²) < 4.78 is 4.84. The Balaban J connectivity index is 3.08. The molecule has 0 aromatic rings. The average molecular weight is 157 g/mol. The Labute approximate surface area is 68.9 Å². The van der Waals surface area contributed by atoms with Crippen LogP contribution in [0.25, 0.3) is 0 Å². The molecule has 1 radical (unpaired) electrons. The summed E-state index contributed by atoms with van der Waals surface area (Å²) in [6.07, 6.45) is 2.31. The summed E-state index contributed by atoms with van der Waals surface area (Å²) in [7, 11) is 0. The van der Waals surface area contributed by atoms with E-state index in [4.69, 9.17) is 4.74 Å². The summed E-state index contributed by atoms with van der Waals surface area (Å²) in [5, 5.41) is 0. The van der Waals surface area contributed by atoms with E-state index in [1.54, 1.807) is 0 Å². The van der Waals surface area contributed by atoms with Gasteiger partial charge in [0.2, 0.25) is 0 Å². The van der Waals surface area contributed by atoms with E-state index in [2.05, 4.69) is 20.8 Å². The van der Waals surface area contributed by atoms with Crippen molar-refractivity contribution in [3.05, 3.63) is 6.92 Å². The lowest BCUT2D eigenvalue weighted by atomic mass is 10.1. The van der Waals surface area contributed by atoms with Crippen molar-refractivity contribution in [1.29, 1.82) is 0 Å². The lowest BCUT2D eigenvalue weighted by molar-refractivity contribution is -0.142. The van der Waals surface area contributed by atoms with Crippen LogP contribution in [-0.4, -0.2) is 12.6 Å². The van der Waals surface area contributed by atoms with Crippen molar-refractivity contribution in [2.75, 3.05) is 6.61 Å².